The Kier molecular flexibility index (Phi) is 3.28. The molecule has 2 rings (SSSR count). The molecule has 0 bridgehead atoms. The van der Waals surface area contributed by atoms with Gasteiger partial charge in [-0.3, -0.25) is 4.79 Å². The summed E-state index contributed by atoms with van der Waals surface area (Å²) in [6.45, 7) is 0.617. The molecule has 0 spiro atoms. The van der Waals surface area contributed by atoms with Crippen LogP contribution in [0, 0.1) is 5.82 Å². The van der Waals surface area contributed by atoms with Gasteiger partial charge in [-0.1, -0.05) is 0 Å². The van der Waals surface area contributed by atoms with Crippen LogP contribution in [-0.4, -0.2) is 32.7 Å². The third kappa shape index (κ3) is 2.10. The molecule has 0 radical (unpaired) electrons. The van der Waals surface area contributed by atoms with Crippen LogP contribution in [-0.2, 0) is 4.79 Å². The number of amides is 1. The molecule has 1 unspecified atom stereocenters. The van der Waals surface area contributed by atoms with Crippen LogP contribution >= 0.6 is 0 Å². The molecule has 1 atom stereocenters. The predicted molar refractivity (Wildman–Crippen MR) is 62.8 cm³/mol. The van der Waals surface area contributed by atoms with E-state index < -0.39 is 0 Å². The van der Waals surface area contributed by atoms with Crippen LogP contribution in [0.2, 0.25) is 0 Å². The molecule has 1 fully saturated rings. The van der Waals surface area contributed by atoms with Crippen LogP contribution in [0.5, 0.6) is 5.75 Å². The molecule has 1 aliphatic heterocycles. The SMILES string of the molecule is CNC1CCN(c2ccc(F)cc2OC)C1=O. The lowest BCUT2D eigenvalue weighted by molar-refractivity contribution is -0.118. The fourth-order valence-electron chi connectivity index (χ4n) is 2.06. The molecule has 1 aromatic carbocycles. The Hall–Kier alpha value is -1.62. The summed E-state index contributed by atoms with van der Waals surface area (Å²) >= 11 is 0. The van der Waals surface area contributed by atoms with E-state index in [1.807, 2.05) is 0 Å². The Morgan fingerprint density at radius 2 is 2.29 bits per heavy atom. The van der Waals surface area contributed by atoms with Crippen molar-refractivity contribution in [2.24, 2.45) is 0 Å². The molecule has 0 aliphatic carbocycles. The molecule has 1 aromatic rings. The normalized spacial score (nSPS) is 19.8. The van der Waals surface area contributed by atoms with Crippen molar-refractivity contribution in [2.75, 3.05) is 25.6 Å². The van der Waals surface area contributed by atoms with E-state index in [2.05, 4.69) is 5.32 Å². The maximum atomic E-state index is 13.1. The van der Waals surface area contributed by atoms with Crippen molar-refractivity contribution in [3.63, 3.8) is 0 Å². The van der Waals surface area contributed by atoms with Gasteiger partial charge >= 0.3 is 0 Å². The van der Waals surface area contributed by atoms with Crippen molar-refractivity contribution in [2.45, 2.75) is 12.5 Å². The highest BCUT2D eigenvalue weighted by Crippen LogP contribution is 2.31. The molecule has 1 saturated heterocycles. The van der Waals surface area contributed by atoms with Gasteiger partial charge in [0.25, 0.3) is 0 Å². The fourth-order valence-corrected chi connectivity index (χ4v) is 2.06. The van der Waals surface area contributed by atoms with Crippen LogP contribution in [0.3, 0.4) is 0 Å². The molecule has 0 saturated carbocycles. The summed E-state index contributed by atoms with van der Waals surface area (Å²) in [5.41, 5.74) is 0.622. The van der Waals surface area contributed by atoms with Gasteiger partial charge in [0.1, 0.15) is 11.6 Å². The molecule has 4 nitrogen and oxygen atoms in total. The molecule has 1 N–H and O–H groups in total. The predicted octanol–water partition coefficient (Wildman–Crippen LogP) is 1.16. The van der Waals surface area contributed by atoms with Gasteiger partial charge in [-0.15, -0.1) is 0 Å². The third-order valence-corrected chi connectivity index (χ3v) is 2.99. The third-order valence-electron chi connectivity index (χ3n) is 2.99. The van der Waals surface area contributed by atoms with E-state index in [9.17, 15) is 9.18 Å². The van der Waals surface area contributed by atoms with E-state index in [4.69, 9.17) is 4.74 Å². The Balaban J connectivity index is 2.32. The van der Waals surface area contributed by atoms with E-state index in [0.717, 1.165) is 6.42 Å². The molecule has 0 aromatic heterocycles. The van der Waals surface area contributed by atoms with Crippen molar-refractivity contribution >= 4 is 11.6 Å². The number of anilines is 1. The van der Waals surface area contributed by atoms with E-state index in [1.54, 1.807) is 18.0 Å². The van der Waals surface area contributed by atoms with Crippen LogP contribution in [0.25, 0.3) is 0 Å². The van der Waals surface area contributed by atoms with Crippen molar-refractivity contribution in [1.82, 2.24) is 5.32 Å². The Morgan fingerprint density at radius 1 is 1.53 bits per heavy atom. The maximum absolute atomic E-state index is 13.1. The number of nitrogens with zero attached hydrogens (tertiary/aromatic N) is 1. The van der Waals surface area contributed by atoms with Crippen molar-refractivity contribution < 1.29 is 13.9 Å². The second kappa shape index (κ2) is 4.71. The number of benzene rings is 1. The summed E-state index contributed by atoms with van der Waals surface area (Å²) in [6.07, 6.45) is 0.746. The van der Waals surface area contributed by atoms with E-state index in [0.29, 0.717) is 18.0 Å². The number of likely N-dealkylation sites (N-methyl/N-ethyl adjacent to an activating group) is 1. The van der Waals surface area contributed by atoms with E-state index in [-0.39, 0.29) is 17.8 Å². The molecular formula is C12H15FN2O2. The summed E-state index contributed by atoms with van der Waals surface area (Å²) in [6, 6.07) is 4.03. The highest BCUT2D eigenvalue weighted by Gasteiger charge is 2.32. The number of ether oxygens (including phenoxy) is 1. The second-order valence-corrected chi connectivity index (χ2v) is 3.94. The van der Waals surface area contributed by atoms with Gasteiger partial charge < -0.3 is 15.0 Å². The number of carbonyl (C=O) groups excluding carboxylic acids is 1. The van der Waals surface area contributed by atoms with E-state index >= 15 is 0 Å². The minimum atomic E-state index is -0.373. The topological polar surface area (TPSA) is 41.6 Å². The molecule has 5 heteroatoms. The average molecular weight is 238 g/mol. The summed E-state index contributed by atoms with van der Waals surface area (Å²) in [5, 5.41) is 2.96. The minimum absolute atomic E-state index is 0.00240. The summed E-state index contributed by atoms with van der Waals surface area (Å²) in [5.74, 6) is 0.00919. The highest BCUT2D eigenvalue weighted by atomic mass is 19.1. The molecule has 17 heavy (non-hydrogen) atoms. The summed E-state index contributed by atoms with van der Waals surface area (Å²) in [7, 11) is 3.22. The number of rotatable bonds is 3. The lowest BCUT2D eigenvalue weighted by Gasteiger charge is -2.19. The number of carbonyl (C=O) groups is 1. The van der Waals surface area contributed by atoms with Crippen LogP contribution in [0.1, 0.15) is 6.42 Å². The number of methoxy groups -OCH3 is 1. The van der Waals surface area contributed by atoms with Crippen LogP contribution in [0.15, 0.2) is 18.2 Å². The quantitative estimate of drug-likeness (QED) is 0.859. The minimum Gasteiger partial charge on any atom is -0.494 e. The smallest absolute Gasteiger partial charge is 0.244 e. The molecule has 92 valence electrons. The van der Waals surface area contributed by atoms with Crippen molar-refractivity contribution in [1.29, 1.82) is 0 Å². The zero-order valence-electron chi connectivity index (χ0n) is 9.87. The largest absolute Gasteiger partial charge is 0.494 e. The molecule has 1 amide bonds. The lowest BCUT2D eigenvalue weighted by atomic mass is 10.2. The first-order chi connectivity index (χ1) is 8.17. The van der Waals surface area contributed by atoms with E-state index in [1.165, 1.54) is 19.2 Å². The zero-order valence-corrected chi connectivity index (χ0v) is 9.87. The fraction of sp³-hybridized carbons (Fsp3) is 0.417. The molecular weight excluding hydrogens is 223 g/mol. The van der Waals surface area contributed by atoms with Gasteiger partial charge in [-0.05, 0) is 25.6 Å². The van der Waals surface area contributed by atoms with Crippen molar-refractivity contribution in [3.8, 4) is 5.75 Å². The lowest BCUT2D eigenvalue weighted by Crippen LogP contribution is -2.36. The second-order valence-electron chi connectivity index (χ2n) is 3.94. The first kappa shape index (κ1) is 11.9. The summed E-state index contributed by atoms with van der Waals surface area (Å²) < 4.78 is 18.2. The van der Waals surface area contributed by atoms with Gasteiger partial charge in [0.05, 0.1) is 18.8 Å². The van der Waals surface area contributed by atoms with Crippen LogP contribution in [0.4, 0.5) is 10.1 Å². The summed E-state index contributed by atoms with van der Waals surface area (Å²) in [4.78, 5) is 13.6. The van der Waals surface area contributed by atoms with Gasteiger partial charge in [0, 0.05) is 12.6 Å². The van der Waals surface area contributed by atoms with Gasteiger partial charge in [-0.25, -0.2) is 4.39 Å². The highest BCUT2D eigenvalue weighted by molar-refractivity contribution is 6.00. The number of hydrogen-bond acceptors (Lipinski definition) is 3. The maximum Gasteiger partial charge on any atom is 0.244 e. The van der Waals surface area contributed by atoms with Gasteiger partial charge in [0.2, 0.25) is 5.91 Å². The molecule has 1 heterocycles. The molecule has 1 aliphatic rings. The Bertz CT molecular complexity index is 437. The first-order valence-corrected chi connectivity index (χ1v) is 5.49. The number of hydrogen-bond donors (Lipinski definition) is 1. The van der Waals surface area contributed by atoms with Crippen molar-refractivity contribution in [3.05, 3.63) is 24.0 Å². The van der Waals surface area contributed by atoms with Crippen LogP contribution < -0.4 is 15.0 Å². The van der Waals surface area contributed by atoms with Gasteiger partial charge in [-0.2, -0.15) is 0 Å². The Labute approximate surface area is 99.4 Å². The monoisotopic (exact) mass is 238 g/mol. The number of halogens is 1. The zero-order chi connectivity index (χ0) is 12.4. The first-order valence-electron chi connectivity index (χ1n) is 5.49. The number of nitrogens with one attached hydrogen (secondary N) is 1. The van der Waals surface area contributed by atoms with Gasteiger partial charge in [0.15, 0.2) is 0 Å². The average Bonchev–Trinajstić information content (AvgIpc) is 2.70. The standard InChI is InChI=1S/C12H15FN2O2/c1-14-9-5-6-15(12(9)16)10-4-3-8(13)7-11(10)17-2/h3-4,7,9,14H,5-6H2,1-2H3. The Morgan fingerprint density at radius 3 is 2.88 bits per heavy atom.